The molecule has 0 saturated heterocycles. The van der Waals surface area contributed by atoms with Gasteiger partial charge in [-0.25, -0.2) is 4.79 Å². The minimum atomic E-state index is -0.886. The zero-order valence-electron chi connectivity index (χ0n) is 16.4. The van der Waals surface area contributed by atoms with Crippen LogP contribution < -0.4 is 10.1 Å². The van der Waals surface area contributed by atoms with Gasteiger partial charge in [-0.3, -0.25) is 4.79 Å². The van der Waals surface area contributed by atoms with Crippen LogP contribution >= 0.6 is 11.6 Å². The number of rotatable bonds is 7. The molecule has 2 aromatic carbocycles. The standard InChI is InChI=1S/C22H21ClN2O4/c1-4-28-18-7-5-16(6-8-18)11-17(12-24)22(27)29-13-20(26)25-21-15(3)9-14(2)10-19(21)23/h5-11H,4,13H2,1-3H3,(H,25,26)/b17-11+. The van der Waals surface area contributed by atoms with Crippen LogP contribution in [-0.2, 0) is 14.3 Å². The number of halogens is 1. The van der Waals surface area contributed by atoms with E-state index < -0.39 is 18.5 Å². The molecule has 1 amide bonds. The molecular weight excluding hydrogens is 392 g/mol. The van der Waals surface area contributed by atoms with E-state index in [0.29, 0.717) is 28.6 Å². The third-order valence-corrected chi connectivity index (χ3v) is 4.17. The number of carbonyl (C=O) groups is 2. The van der Waals surface area contributed by atoms with Gasteiger partial charge in [0.25, 0.3) is 5.91 Å². The van der Waals surface area contributed by atoms with Gasteiger partial charge in [0.1, 0.15) is 17.4 Å². The van der Waals surface area contributed by atoms with E-state index in [0.717, 1.165) is 11.1 Å². The molecule has 0 fully saturated rings. The van der Waals surface area contributed by atoms with Crippen LogP contribution in [0, 0.1) is 25.2 Å². The van der Waals surface area contributed by atoms with Crippen LogP contribution in [0.5, 0.6) is 5.75 Å². The lowest BCUT2D eigenvalue weighted by atomic mass is 10.1. The molecule has 29 heavy (non-hydrogen) atoms. The Morgan fingerprint density at radius 2 is 1.90 bits per heavy atom. The predicted octanol–water partition coefficient (Wildman–Crippen LogP) is 4.44. The summed E-state index contributed by atoms with van der Waals surface area (Å²) < 4.78 is 10.3. The first kappa shape index (κ1) is 22.0. The third-order valence-electron chi connectivity index (χ3n) is 3.87. The zero-order chi connectivity index (χ0) is 21.4. The van der Waals surface area contributed by atoms with Crippen molar-refractivity contribution in [2.24, 2.45) is 0 Å². The molecule has 150 valence electrons. The third kappa shape index (κ3) is 6.37. The lowest BCUT2D eigenvalue weighted by Crippen LogP contribution is -2.22. The molecule has 1 N–H and O–H groups in total. The minimum absolute atomic E-state index is 0.216. The van der Waals surface area contributed by atoms with Crippen LogP contribution in [0.25, 0.3) is 6.08 Å². The van der Waals surface area contributed by atoms with Crippen LogP contribution in [0.3, 0.4) is 0 Å². The Morgan fingerprint density at radius 3 is 2.48 bits per heavy atom. The number of ether oxygens (including phenoxy) is 2. The second-order valence-electron chi connectivity index (χ2n) is 6.23. The lowest BCUT2D eigenvalue weighted by Gasteiger charge is -2.11. The number of hydrogen-bond donors (Lipinski definition) is 1. The van der Waals surface area contributed by atoms with E-state index in [4.69, 9.17) is 21.1 Å². The molecule has 0 saturated carbocycles. The van der Waals surface area contributed by atoms with E-state index in [9.17, 15) is 14.9 Å². The van der Waals surface area contributed by atoms with Crippen LogP contribution in [0.1, 0.15) is 23.6 Å². The van der Waals surface area contributed by atoms with Crippen molar-refractivity contribution < 1.29 is 19.1 Å². The number of aryl methyl sites for hydroxylation is 2. The van der Waals surface area contributed by atoms with Gasteiger partial charge >= 0.3 is 5.97 Å². The van der Waals surface area contributed by atoms with E-state index >= 15 is 0 Å². The summed E-state index contributed by atoms with van der Waals surface area (Å²) in [4.78, 5) is 24.3. The summed E-state index contributed by atoms with van der Waals surface area (Å²) in [5.74, 6) is -0.749. The number of benzene rings is 2. The van der Waals surface area contributed by atoms with E-state index in [-0.39, 0.29) is 5.57 Å². The van der Waals surface area contributed by atoms with Crippen molar-refractivity contribution in [1.29, 1.82) is 5.26 Å². The van der Waals surface area contributed by atoms with Crippen molar-refractivity contribution in [2.45, 2.75) is 20.8 Å². The molecule has 0 radical (unpaired) electrons. The number of hydrogen-bond acceptors (Lipinski definition) is 5. The molecule has 0 aliphatic heterocycles. The van der Waals surface area contributed by atoms with Gasteiger partial charge in [-0.05, 0) is 61.7 Å². The smallest absolute Gasteiger partial charge is 0.349 e. The highest BCUT2D eigenvalue weighted by Gasteiger charge is 2.15. The molecule has 0 aliphatic rings. The second-order valence-corrected chi connectivity index (χ2v) is 6.64. The van der Waals surface area contributed by atoms with Crippen LogP contribution in [0.4, 0.5) is 5.69 Å². The average Bonchev–Trinajstić information content (AvgIpc) is 2.68. The summed E-state index contributed by atoms with van der Waals surface area (Å²) in [6.07, 6.45) is 1.39. The highest BCUT2D eigenvalue weighted by atomic mass is 35.5. The fraction of sp³-hybridized carbons (Fsp3) is 0.227. The van der Waals surface area contributed by atoms with E-state index in [1.165, 1.54) is 6.08 Å². The van der Waals surface area contributed by atoms with Crippen molar-refractivity contribution in [2.75, 3.05) is 18.5 Å². The molecular formula is C22H21ClN2O4. The van der Waals surface area contributed by atoms with Gasteiger partial charge in [-0.2, -0.15) is 5.26 Å². The molecule has 0 unspecified atom stereocenters. The summed E-state index contributed by atoms with van der Waals surface area (Å²) in [5.41, 5.74) is 2.64. The van der Waals surface area contributed by atoms with Gasteiger partial charge in [0, 0.05) is 0 Å². The molecule has 0 heterocycles. The highest BCUT2D eigenvalue weighted by molar-refractivity contribution is 6.34. The number of nitrogens with zero attached hydrogens (tertiary/aromatic N) is 1. The fourth-order valence-corrected chi connectivity index (χ4v) is 2.96. The summed E-state index contributed by atoms with van der Waals surface area (Å²) in [7, 11) is 0. The van der Waals surface area contributed by atoms with Gasteiger partial charge in [-0.1, -0.05) is 29.8 Å². The minimum Gasteiger partial charge on any atom is -0.494 e. The van der Waals surface area contributed by atoms with Crippen LogP contribution in [-0.4, -0.2) is 25.1 Å². The Balaban J connectivity index is 1.99. The van der Waals surface area contributed by atoms with Gasteiger partial charge in [-0.15, -0.1) is 0 Å². The van der Waals surface area contributed by atoms with E-state index in [2.05, 4.69) is 5.32 Å². The number of amides is 1. The second kappa shape index (κ2) is 10.3. The molecule has 0 spiro atoms. The molecule has 6 nitrogen and oxygen atoms in total. The van der Waals surface area contributed by atoms with E-state index in [1.807, 2.05) is 26.8 Å². The van der Waals surface area contributed by atoms with Crippen molar-refractivity contribution in [3.05, 3.63) is 63.7 Å². The quantitative estimate of drug-likeness (QED) is 0.412. The molecule has 0 atom stereocenters. The largest absolute Gasteiger partial charge is 0.494 e. The Morgan fingerprint density at radius 1 is 1.21 bits per heavy atom. The first-order chi connectivity index (χ1) is 13.8. The Bertz CT molecular complexity index is 952. The summed E-state index contributed by atoms with van der Waals surface area (Å²) in [5, 5.41) is 12.3. The normalized spacial score (nSPS) is 10.8. The summed E-state index contributed by atoms with van der Waals surface area (Å²) in [6.45, 7) is 5.59. The predicted molar refractivity (Wildman–Crippen MR) is 112 cm³/mol. The van der Waals surface area contributed by atoms with Crippen molar-refractivity contribution >= 4 is 35.2 Å². The fourth-order valence-electron chi connectivity index (χ4n) is 2.59. The average molecular weight is 413 g/mol. The molecule has 2 aromatic rings. The van der Waals surface area contributed by atoms with Crippen LogP contribution in [0.2, 0.25) is 5.02 Å². The monoisotopic (exact) mass is 412 g/mol. The maximum absolute atomic E-state index is 12.1. The number of anilines is 1. The molecule has 0 bridgehead atoms. The Kier molecular flexibility index (Phi) is 7.81. The van der Waals surface area contributed by atoms with E-state index in [1.54, 1.807) is 36.4 Å². The zero-order valence-corrected chi connectivity index (χ0v) is 17.2. The first-order valence-corrected chi connectivity index (χ1v) is 9.30. The molecule has 0 aromatic heterocycles. The molecule has 0 aliphatic carbocycles. The number of esters is 1. The topological polar surface area (TPSA) is 88.4 Å². The van der Waals surface area contributed by atoms with Gasteiger partial charge < -0.3 is 14.8 Å². The number of carbonyl (C=O) groups excluding carboxylic acids is 2. The lowest BCUT2D eigenvalue weighted by molar-refractivity contribution is -0.142. The van der Waals surface area contributed by atoms with Gasteiger partial charge in [0.2, 0.25) is 0 Å². The van der Waals surface area contributed by atoms with Crippen molar-refractivity contribution in [1.82, 2.24) is 0 Å². The first-order valence-electron chi connectivity index (χ1n) is 8.92. The highest BCUT2D eigenvalue weighted by Crippen LogP contribution is 2.27. The van der Waals surface area contributed by atoms with Crippen LogP contribution in [0.15, 0.2) is 42.0 Å². The SMILES string of the molecule is CCOc1ccc(/C=C(\C#N)C(=O)OCC(=O)Nc2c(C)cc(C)cc2Cl)cc1. The summed E-state index contributed by atoms with van der Waals surface area (Å²) in [6, 6.07) is 12.3. The Hall–Kier alpha value is -3.30. The molecule has 2 rings (SSSR count). The summed E-state index contributed by atoms with van der Waals surface area (Å²) >= 11 is 6.15. The van der Waals surface area contributed by atoms with Gasteiger partial charge in [0.15, 0.2) is 6.61 Å². The van der Waals surface area contributed by atoms with Gasteiger partial charge in [0.05, 0.1) is 17.3 Å². The number of nitriles is 1. The maximum Gasteiger partial charge on any atom is 0.349 e. The molecule has 7 heteroatoms. The number of nitrogens with one attached hydrogen (secondary N) is 1. The van der Waals surface area contributed by atoms with Crippen molar-refractivity contribution in [3.63, 3.8) is 0 Å². The maximum atomic E-state index is 12.1. The van der Waals surface area contributed by atoms with Crippen molar-refractivity contribution in [3.8, 4) is 11.8 Å². The Labute approximate surface area is 174 Å².